The highest BCUT2D eigenvalue weighted by Crippen LogP contribution is 2.46. The number of hydrogen-bond acceptors (Lipinski definition) is 4. The summed E-state index contributed by atoms with van der Waals surface area (Å²) in [6, 6.07) is 9.05. The number of carbonyl (C=O) groups excluding carboxylic acids is 1. The topological polar surface area (TPSA) is 53.0 Å². The number of benzene rings is 1. The van der Waals surface area contributed by atoms with Crippen LogP contribution in [0.4, 0.5) is 0 Å². The molecule has 24 heavy (non-hydrogen) atoms. The smallest absolute Gasteiger partial charge is 0.225 e. The van der Waals surface area contributed by atoms with Crippen LogP contribution in [-0.4, -0.2) is 66.2 Å². The summed E-state index contributed by atoms with van der Waals surface area (Å²) in [7, 11) is 1.68. The molecule has 5 rings (SSSR count). The van der Waals surface area contributed by atoms with Crippen molar-refractivity contribution in [1.29, 1.82) is 0 Å². The fourth-order valence-corrected chi connectivity index (χ4v) is 5.09. The van der Waals surface area contributed by atoms with Gasteiger partial charge in [-0.15, -0.1) is 0 Å². The molecular weight excluding hydrogens is 304 g/mol. The molecule has 5 nitrogen and oxygen atoms in total. The predicted molar refractivity (Wildman–Crippen MR) is 91.0 cm³/mol. The van der Waals surface area contributed by atoms with E-state index in [0.29, 0.717) is 23.9 Å². The number of nitrogens with zero attached hydrogens (tertiary/aromatic N) is 2. The molecule has 5 heteroatoms. The van der Waals surface area contributed by atoms with Gasteiger partial charge in [0.1, 0.15) is 5.75 Å². The van der Waals surface area contributed by atoms with Gasteiger partial charge in [0.25, 0.3) is 0 Å². The first-order chi connectivity index (χ1) is 11.7. The average Bonchev–Trinajstić information content (AvgIpc) is 3.06. The van der Waals surface area contributed by atoms with Crippen LogP contribution in [0.2, 0.25) is 0 Å². The molecule has 0 spiro atoms. The first kappa shape index (κ1) is 15.9. The summed E-state index contributed by atoms with van der Waals surface area (Å²) >= 11 is 0. The minimum absolute atomic E-state index is 0.0612. The second kappa shape index (κ2) is 6.37. The lowest BCUT2D eigenvalue weighted by Crippen LogP contribution is -2.60. The minimum atomic E-state index is -0.0612. The minimum Gasteiger partial charge on any atom is -0.497 e. The zero-order valence-electron chi connectivity index (χ0n) is 14.2. The summed E-state index contributed by atoms with van der Waals surface area (Å²) in [6.45, 7) is 3.02. The van der Waals surface area contributed by atoms with Gasteiger partial charge in [0.05, 0.1) is 19.8 Å². The van der Waals surface area contributed by atoms with Gasteiger partial charge in [-0.1, -0.05) is 12.1 Å². The van der Waals surface area contributed by atoms with Crippen molar-refractivity contribution in [3.05, 3.63) is 29.8 Å². The highest BCUT2D eigenvalue weighted by Gasteiger charge is 2.54. The number of amides is 1. The van der Waals surface area contributed by atoms with Crippen LogP contribution in [0.5, 0.6) is 5.75 Å². The van der Waals surface area contributed by atoms with Crippen LogP contribution in [0, 0.1) is 5.92 Å². The van der Waals surface area contributed by atoms with Crippen molar-refractivity contribution in [2.24, 2.45) is 5.92 Å². The van der Waals surface area contributed by atoms with E-state index in [1.54, 1.807) is 7.11 Å². The van der Waals surface area contributed by atoms with Gasteiger partial charge in [0, 0.05) is 24.9 Å². The molecule has 2 bridgehead atoms. The molecule has 4 aliphatic rings. The van der Waals surface area contributed by atoms with E-state index in [9.17, 15) is 9.90 Å². The zero-order valence-corrected chi connectivity index (χ0v) is 14.2. The van der Waals surface area contributed by atoms with E-state index in [2.05, 4.69) is 21.9 Å². The first-order valence-corrected chi connectivity index (χ1v) is 9.01. The van der Waals surface area contributed by atoms with Gasteiger partial charge in [-0.2, -0.15) is 0 Å². The molecule has 1 N–H and O–H groups in total. The Hall–Kier alpha value is -1.59. The molecule has 1 aromatic rings. The summed E-state index contributed by atoms with van der Waals surface area (Å²) in [5.41, 5.74) is 1.29. The molecule has 1 aromatic carbocycles. The van der Waals surface area contributed by atoms with Crippen molar-refractivity contribution in [3.63, 3.8) is 0 Å². The normalized spacial score (nSPS) is 34.2. The second-order valence-electron chi connectivity index (χ2n) is 7.25. The third-order valence-corrected chi connectivity index (χ3v) is 6.18. The molecule has 0 saturated carbocycles. The summed E-state index contributed by atoms with van der Waals surface area (Å²) in [6.07, 6.45) is 2.63. The van der Waals surface area contributed by atoms with Gasteiger partial charge in [-0.3, -0.25) is 9.69 Å². The van der Waals surface area contributed by atoms with Crippen LogP contribution < -0.4 is 4.74 Å². The number of methoxy groups -OCH3 is 1. The maximum Gasteiger partial charge on any atom is 0.225 e. The standard InChI is InChI=1S/C19H26N2O3/c1-24-15-4-2-13(3-5-15)16-12-21(17(23)8-11-22)18-14-6-9-20(10-7-14)19(16)18/h2-5,14,16,18-19,22H,6-12H2,1H3. The highest BCUT2D eigenvalue weighted by molar-refractivity contribution is 5.77. The SMILES string of the molecule is COc1ccc(C2CN(C(=O)CCO)C3C4CCN(CC4)C23)cc1. The quantitative estimate of drug-likeness (QED) is 0.908. The lowest BCUT2D eigenvalue weighted by molar-refractivity contribution is -0.136. The maximum absolute atomic E-state index is 12.6. The van der Waals surface area contributed by atoms with Crippen LogP contribution in [-0.2, 0) is 4.79 Å². The number of aliphatic hydroxyl groups is 1. The number of likely N-dealkylation sites (tertiary alicyclic amines) is 1. The Morgan fingerprint density at radius 1 is 1.21 bits per heavy atom. The largest absolute Gasteiger partial charge is 0.497 e. The number of fused-ring (bicyclic) bond motifs is 2. The van der Waals surface area contributed by atoms with E-state index in [-0.39, 0.29) is 18.9 Å². The lowest BCUT2D eigenvalue weighted by Gasteiger charge is -2.51. The number of rotatable bonds is 4. The van der Waals surface area contributed by atoms with Crippen LogP contribution in [0.25, 0.3) is 0 Å². The fourth-order valence-electron chi connectivity index (χ4n) is 5.09. The molecule has 0 aliphatic carbocycles. The summed E-state index contributed by atoms with van der Waals surface area (Å²) in [5, 5.41) is 9.19. The Labute approximate surface area is 143 Å². The fraction of sp³-hybridized carbons (Fsp3) is 0.632. The summed E-state index contributed by atoms with van der Waals surface area (Å²) < 4.78 is 5.28. The summed E-state index contributed by atoms with van der Waals surface area (Å²) in [5.74, 6) is 1.95. The van der Waals surface area contributed by atoms with Gasteiger partial charge in [-0.05, 0) is 49.5 Å². The molecule has 3 unspecified atom stereocenters. The van der Waals surface area contributed by atoms with E-state index in [1.807, 2.05) is 12.1 Å². The number of aliphatic hydroxyl groups excluding tert-OH is 1. The number of ether oxygens (including phenoxy) is 1. The van der Waals surface area contributed by atoms with Crippen molar-refractivity contribution in [2.45, 2.75) is 37.3 Å². The van der Waals surface area contributed by atoms with Crippen LogP contribution >= 0.6 is 0 Å². The number of piperidine rings is 3. The number of carbonyl (C=O) groups is 1. The van der Waals surface area contributed by atoms with Crippen LogP contribution in [0.1, 0.15) is 30.7 Å². The molecule has 4 fully saturated rings. The molecule has 130 valence electrons. The Balaban J connectivity index is 1.65. The van der Waals surface area contributed by atoms with Crippen molar-refractivity contribution in [1.82, 2.24) is 9.80 Å². The predicted octanol–water partition coefficient (Wildman–Crippen LogP) is 1.47. The van der Waals surface area contributed by atoms with Crippen LogP contribution in [0.3, 0.4) is 0 Å². The molecule has 1 amide bonds. The molecule has 0 aromatic heterocycles. The van der Waals surface area contributed by atoms with Gasteiger partial charge in [0.15, 0.2) is 0 Å². The third-order valence-electron chi connectivity index (χ3n) is 6.18. The number of hydrogen-bond donors (Lipinski definition) is 1. The highest BCUT2D eigenvalue weighted by atomic mass is 16.5. The Morgan fingerprint density at radius 3 is 2.54 bits per heavy atom. The second-order valence-corrected chi connectivity index (χ2v) is 7.25. The summed E-state index contributed by atoms with van der Waals surface area (Å²) in [4.78, 5) is 17.2. The van der Waals surface area contributed by atoms with E-state index >= 15 is 0 Å². The van der Waals surface area contributed by atoms with Crippen LogP contribution in [0.15, 0.2) is 24.3 Å². The van der Waals surface area contributed by atoms with Gasteiger partial charge < -0.3 is 14.7 Å². The van der Waals surface area contributed by atoms with Gasteiger partial charge >= 0.3 is 0 Å². The molecule has 4 heterocycles. The van der Waals surface area contributed by atoms with E-state index in [4.69, 9.17) is 4.74 Å². The maximum atomic E-state index is 12.6. The monoisotopic (exact) mass is 330 g/mol. The first-order valence-electron chi connectivity index (χ1n) is 9.01. The molecule has 3 atom stereocenters. The lowest BCUT2D eigenvalue weighted by atomic mass is 9.75. The Kier molecular flexibility index (Phi) is 4.22. The van der Waals surface area contributed by atoms with Crippen molar-refractivity contribution in [3.8, 4) is 5.75 Å². The molecule has 0 radical (unpaired) electrons. The molecule has 4 aliphatic heterocycles. The Morgan fingerprint density at radius 2 is 1.92 bits per heavy atom. The van der Waals surface area contributed by atoms with Gasteiger partial charge in [-0.25, -0.2) is 0 Å². The van der Waals surface area contributed by atoms with Crippen molar-refractivity contribution < 1.29 is 14.6 Å². The van der Waals surface area contributed by atoms with Gasteiger partial charge in [0.2, 0.25) is 5.91 Å². The van der Waals surface area contributed by atoms with Crippen molar-refractivity contribution in [2.75, 3.05) is 33.4 Å². The molecule has 4 saturated heterocycles. The molecular formula is C19H26N2O3. The van der Waals surface area contributed by atoms with E-state index < -0.39 is 0 Å². The zero-order chi connectivity index (χ0) is 16.7. The van der Waals surface area contributed by atoms with E-state index in [1.165, 1.54) is 18.4 Å². The third kappa shape index (κ3) is 2.50. The van der Waals surface area contributed by atoms with E-state index in [0.717, 1.165) is 25.4 Å². The van der Waals surface area contributed by atoms with Crippen molar-refractivity contribution >= 4 is 5.91 Å². The average molecular weight is 330 g/mol. The Bertz CT molecular complexity index is 595.